The summed E-state index contributed by atoms with van der Waals surface area (Å²) in [5.74, 6) is 1.66. The van der Waals surface area contributed by atoms with Crippen molar-refractivity contribution in [2.24, 2.45) is 5.92 Å². The van der Waals surface area contributed by atoms with Gasteiger partial charge in [0.25, 0.3) is 0 Å². The minimum atomic E-state index is 0.653. The normalized spacial score (nSPS) is 10.9. The van der Waals surface area contributed by atoms with Gasteiger partial charge in [0.2, 0.25) is 0 Å². The molecule has 0 fully saturated rings. The van der Waals surface area contributed by atoms with Crippen LogP contribution in [0.2, 0.25) is 0 Å². The second-order valence-corrected chi connectivity index (χ2v) is 5.44. The summed E-state index contributed by atoms with van der Waals surface area (Å²) in [5.41, 5.74) is 1.22. The third-order valence-corrected chi connectivity index (χ3v) is 3.71. The lowest BCUT2D eigenvalue weighted by molar-refractivity contribution is 0.238. The highest BCUT2D eigenvalue weighted by molar-refractivity contribution is 9.10. The molecule has 102 valence electrons. The van der Waals surface area contributed by atoms with Crippen molar-refractivity contribution in [2.45, 2.75) is 40.2 Å². The number of hydrogen-bond acceptors (Lipinski definition) is 2. The maximum Gasteiger partial charge on any atom is 0.123 e. The van der Waals surface area contributed by atoms with E-state index in [1.165, 1.54) is 18.4 Å². The lowest BCUT2D eigenvalue weighted by atomic mass is 10.1. The second-order valence-electron chi connectivity index (χ2n) is 4.53. The minimum absolute atomic E-state index is 0.653. The van der Waals surface area contributed by atoms with Gasteiger partial charge in [0.15, 0.2) is 0 Å². The highest BCUT2D eigenvalue weighted by Crippen LogP contribution is 2.24. The summed E-state index contributed by atoms with van der Waals surface area (Å²) in [5, 5.41) is 3.35. The van der Waals surface area contributed by atoms with Gasteiger partial charge < -0.3 is 10.1 Å². The summed E-state index contributed by atoms with van der Waals surface area (Å²) in [7, 11) is 0. The number of ether oxygens (including phenoxy) is 1. The molecule has 0 atom stereocenters. The van der Waals surface area contributed by atoms with Crippen LogP contribution in [0.25, 0.3) is 0 Å². The zero-order valence-corrected chi connectivity index (χ0v) is 13.2. The van der Waals surface area contributed by atoms with Gasteiger partial charge in [0.05, 0.1) is 6.61 Å². The highest BCUT2D eigenvalue weighted by Gasteiger charge is 2.08. The largest absolute Gasteiger partial charge is 0.493 e. The van der Waals surface area contributed by atoms with Crippen molar-refractivity contribution in [1.82, 2.24) is 5.32 Å². The molecule has 0 aliphatic rings. The SMILES string of the molecule is CCNCc1cc(Br)ccc1OCC(CC)CC. The molecule has 0 radical (unpaired) electrons. The number of rotatable bonds is 8. The lowest BCUT2D eigenvalue weighted by Gasteiger charge is -2.16. The molecule has 1 aromatic rings. The fraction of sp³-hybridized carbons (Fsp3) is 0.600. The summed E-state index contributed by atoms with van der Waals surface area (Å²) in [6.45, 7) is 9.19. The van der Waals surface area contributed by atoms with E-state index in [1.807, 2.05) is 6.07 Å². The Morgan fingerprint density at radius 3 is 2.56 bits per heavy atom. The fourth-order valence-electron chi connectivity index (χ4n) is 1.82. The van der Waals surface area contributed by atoms with Crippen molar-refractivity contribution in [1.29, 1.82) is 0 Å². The third kappa shape index (κ3) is 4.99. The monoisotopic (exact) mass is 313 g/mol. The Labute approximate surface area is 119 Å². The van der Waals surface area contributed by atoms with Crippen LogP contribution in [-0.2, 0) is 6.54 Å². The molecule has 0 aliphatic carbocycles. The summed E-state index contributed by atoms with van der Waals surface area (Å²) in [6, 6.07) is 6.22. The Bertz CT molecular complexity index is 350. The Kier molecular flexibility index (Phi) is 7.36. The summed E-state index contributed by atoms with van der Waals surface area (Å²) in [4.78, 5) is 0. The van der Waals surface area contributed by atoms with E-state index >= 15 is 0 Å². The molecule has 2 nitrogen and oxygen atoms in total. The molecule has 1 N–H and O–H groups in total. The molecule has 0 aliphatic heterocycles. The Balaban J connectivity index is 2.68. The van der Waals surface area contributed by atoms with E-state index in [0.29, 0.717) is 5.92 Å². The maximum atomic E-state index is 5.97. The van der Waals surface area contributed by atoms with Crippen LogP contribution in [0.5, 0.6) is 5.75 Å². The molecule has 3 heteroatoms. The van der Waals surface area contributed by atoms with Crippen molar-refractivity contribution in [3.63, 3.8) is 0 Å². The van der Waals surface area contributed by atoms with E-state index < -0.39 is 0 Å². The van der Waals surface area contributed by atoms with Gasteiger partial charge in [-0.1, -0.05) is 49.5 Å². The van der Waals surface area contributed by atoms with Crippen LogP contribution in [0.1, 0.15) is 39.2 Å². The summed E-state index contributed by atoms with van der Waals surface area (Å²) < 4.78 is 7.07. The second kappa shape index (κ2) is 8.54. The van der Waals surface area contributed by atoms with Crippen LogP contribution in [-0.4, -0.2) is 13.2 Å². The predicted molar refractivity (Wildman–Crippen MR) is 81.1 cm³/mol. The summed E-state index contributed by atoms with van der Waals surface area (Å²) >= 11 is 3.51. The first-order valence-electron chi connectivity index (χ1n) is 6.83. The average Bonchev–Trinajstić information content (AvgIpc) is 2.39. The Morgan fingerprint density at radius 1 is 1.22 bits per heavy atom. The zero-order valence-electron chi connectivity index (χ0n) is 11.6. The van der Waals surface area contributed by atoms with E-state index in [0.717, 1.165) is 29.9 Å². The van der Waals surface area contributed by atoms with E-state index in [-0.39, 0.29) is 0 Å². The number of hydrogen-bond donors (Lipinski definition) is 1. The molecule has 1 rings (SSSR count). The first kappa shape index (κ1) is 15.5. The van der Waals surface area contributed by atoms with Gasteiger partial charge in [0.1, 0.15) is 5.75 Å². The smallest absolute Gasteiger partial charge is 0.123 e. The molecule has 0 heterocycles. The molecular formula is C15H24BrNO. The molecule has 0 amide bonds. The Morgan fingerprint density at radius 2 is 1.94 bits per heavy atom. The van der Waals surface area contributed by atoms with Crippen LogP contribution in [0.4, 0.5) is 0 Å². The quantitative estimate of drug-likeness (QED) is 0.769. The van der Waals surface area contributed by atoms with Crippen LogP contribution in [0.3, 0.4) is 0 Å². The van der Waals surface area contributed by atoms with E-state index in [9.17, 15) is 0 Å². The summed E-state index contributed by atoms with van der Waals surface area (Å²) in [6.07, 6.45) is 2.35. The predicted octanol–water partition coefficient (Wildman–Crippen LogP) is 4.37. The van der Waals surface area contributed by atoms with Crippen LogP contribution < -0.4 is 10.1 Å². The first-order valence-corrected chi connectivity index (χ1v) is 7.62. The van der Waals surface area contributed by atoms with Crippen molar-refractivity contribution >= 4 is 15.9 Å². The van der Waals surface area contributed by atoms with Crippen molar-refractivity contribution in [2.75, 3.05) is 13.2 Å². The molecule has 0 unspecified atom stereocenters. The molecule has 0 saturated heterocycles. The van der Waals surface area contributed by atoms with Crippen LogP contribution >= 0.6 is 15.9 Å². The van der Waals surface area contributed by atoms with Crippen LogP contribution in [0, 0.1) is 5.92 Å². The zero-order chi connectivity index (χ0) is 13.4. The number of nitrogens with one attached hydrogen (secondary N) is 1. The standard InChI is InChI=1S/C15H24BrNO/c1-4-12(5-2)11-18-15-8-7-14(16)9-13(15)10-17-6-3/h7-9,12,17H,4-6,10-11H2,1-3H3. The molecule has 18 heavy (non-hydrogen) atoms. The van der Waals surface area contributed by atoms with E-state index in [4.69, 9.17) is 4.74 Å². The van der Waals surface area contributed by atoms with Crippen LogP contribution in [0.15, 0.2) is 22.7 Å². The van der Waals surface area contributed by atoms with Gasteiger partial charge in [-0.2, -0.15) is 0 Å². The minimum Gasteiger partial charge on any atom is -0.493 e. The molecule has 1 aromatic carbocycles. The van der Waals surface area contributed by atoms with Gasteiger partial charge in [-0.05, 0) is 30.7 Å². The van der Waals surface area contributed by atoms with Gasteiger partial charge in [0, 0.05) is 16.6 Å². The van der Waals surface area contributed by atoms with E-state index in [2.05, 4.69) is 54.2 Å². The fourth-order valence-corrected chi connectivity index (χ4v) is 2.23. The molecular weight excluding hydrogens is 290 g/mol. The number of halogens is 1. The lowest BCUT2D eigenvalue weighted by Crippen LogP contribution is -2.15. The molecule has 0 bridgehead atoms. The van der Waals surface area contributed by atoms with Crippen molar-refractivity contribution < 1.29 is 4.74 Å². The average molecular weight is 314 g/mol. The van der Waals surface area contributed by atoms with Crippen molar-refractivity contribution in [3.05, 3.63) is 28.2 Å². The molecule has 0 spiro atoms. The molecule has 0 aromatic heterocycles. The maximum absolute atomic E-state index is 5.97. The van der Waals surface area contributed by atoms with Crippen molar-refractivity contribution in [3.8, 4) is 5.75 Å². The molecule has 0 saturated carbocycles. The van der Waals surface area contributed by atoms with Gasteiger partial charge >= 0.3 is 0 Å². The topological polar surface area (TPSA) is 21.3 Å². The van der Waals surface area contributed by atoms with Gasteiger partial charge in [-0.3, -0.25) is 0 Å². The first-order chi connectivity index (χ1) is 8.71. The van der Waals surface area contributed by atoms with Gasteiger partial charge in [-0.15, -0.1) is 0 Å². The van der Waals surface area contributed by atoms with Gasteiger partial charge in [-0.25, -0.2) is 0 Å². The van der Waals surface area contributed by atoms with E-state index in [1.54, 1.807) is 0 Å². The third-order valence-electron chi connectivity index (χ3n) is 3.22. The Hall–Kier alpha value is -0.540. The number of benzene rings is 1. The highest BCUT2D eigenvalue weighted by atomic mass is 79.9.